The molecule has 1 aromatic carbocycles. The zero-order valence-electron chi connectivity index (χ0n) is 10.5. The molecule has 0 aliphatic rings. The smallest absolute Gasteiger partial charge is 0.252 e. The van der Waals surface area contributed by atoms with Crippen molar-refractivity contribution in [3.05, 3.63) is 57.8 Å². The molecule has 2 rings (SSSR count). The summed E-state index contributed by atoms with van der Waals surface area (Å²) >= 11 is 3.43. The van der Waals surface area contributed by atoms with Crippen LogP contribution in [0.25, 0.3) is 0 Å². The number of nitrogens with one attached hydrogen (secondary N) is 1. The maximum Gasteiger partial charge on any atom is 0.252 e. The number of pyridine rings is 1. The molecule has 0 atom stereocenters. The Bertz CT molecular complexity index is 613. The number of primary amides is 1. The summed E-state index contributed by atoms with van der Waals surface area (Å²) in [7, 11) is 0. The van der Waals surface area contributed by atoms with E-state index in [-0.39, 0.29) is 0 Å². The summed E-state index contributed by atoms with van der Waals surface area (Å²) in [6.07, 6.45) is 3.10. The molecule has 0 saturated carbocycles. The molecule has 0 spiro atoms. The lowest BCUT2D eigenvalue weighted by Crippen LogP contribution is -2.14. The molecule has 3 N–H and O–H groups in total. The lowest BCUT2D eigenvalue weighted by molar-refractivity contribution is 0.100. The van der Waals surface area contributed by atoms with Gasteiger partial charge in [0.05, 0.1) is 11.3 Å². The third kappa shape index (κ3) is 3.32. The summed E-state index contributed by atoms with van der Waals surface area (Å²) in [6.45, 7) is 2.67. The average Bonchev–Trinajstić information content (AvgIpc) is 2.38. The van der Waals surface area contributed by atoms with Gasteiger partial charge < -0.3 is 11.1 Å². The van der Waals surface area contributed by atoms with Crippen molar-refractivity contribution in [3.8, 4) is 0 Å². The molecule has 0 unspecified atom stereocenters. The van der Waals surface area contributed by atoms with Crippen molar-refractivity contribution in [1.29, 1.82) is 0 Å². The molecule has 0 radical (unpaired) electrons. The van der Waals surface area contributed by atoms with Crippen LogP contribution in [0.15, 0.2) is 41.1 Å². The molecule has 0 saturated heterocycles. The monoisotopic (exact) mass is 319 g/mol. The van der Waals surface area contributed by atoms with E-state index in [1.807, 2.05) is 19.1 Å². The molecule has 1 heterocycles. The van der Waals surface area contributed by atoms with Crippen LogP contribution in [-0.4, -0.2) is 10.9 Å². The van der Waals surface area contributed by atoms with Gasteiger partial charge in [-0.05, 0) is 36.2 Å². The molecule has 19 heavy (non-hydrogen) atoms. The van der Waals surface area contributed by atoms with Gasteiger partial charge in [-0.1, -0.05) is 22.0 Å². The van der Waals surface area contributed by atoms with E-state index < -0.39 is 5.91 Å². The Morgan fingerprint density at radius 3 is 2.89 bits per heavy atom. The maximum absolute atomic E-state index is 11.3. The van der Waals surface area contributed by atoms with Gasteiger partial charge in [-0.3, -0.25) is 9.78 Å². The first-order valence-electron chi connectivity index (χ1n) is 5.80. The van der Waals surface area contributed by atoms with Crippen LogP contribution in [0.1, 0.15) is 21.5 Å². The van der Waals surface area contributed by atoms with Gasteiger partial charge in [0.15, 0.2) is 0 Å². The number of carbonyl (C=O) groups is 1. The minimum atomic E-state index is -0.483. The van der Waals surface area contributed by atoms with Gasteiger partial charge in [0.2, 0.25) is 0 Å². The molecule has 0 aliphatic carbocycles. The van der Waals surface area contributed by atoms with Gasteiger partial charge in [-0.15, -0.1) is 0 Å². The van der Waals surface area contributed by atoms with Crippen molar-refractivity contribution in [1.82, 2.24) is 4.98 Å². The van der Waals surface area contributed by atoms with Crippen LogP contribution in [0.4, 0.5) is 5.69 Å². The van der Waals surface area contributed by atoms with Crippen LogP contribution >= 0.6 is 15.9 Å². The molecule has 0 fully saturated rings. The fourth-order valence-electron chi connectivity index (χ4n) is 1.79. The second kappa shape index (κ2) is 5.84. The normalized spacial score (nSPS) is 10.2. The number of hydrogen-bond donors (Lipinski definition) is 2. The number of amides is 1. The predicted octanol–water partition coefficient (Wildman–Crippen LogP) is 2.86. The first kappa shape index (κ1) is 13.5. The molecular weight excluding hydrogens is 306 g/mol. The van der Waals surface area contributed by atoms with Crippen molar-refractivity contribution < 1.29 is 4.79 Å². The van der Waals surface area contributed by atoms with Crippen LogP contribution in [0.3, 0.4) is 0 Å². The SMILES string of the molecule is Cc1cc(Br)ccc1CNc1ccncc1C(N)=O. The lowest BCUT2D eigenvalue weighted by Gasteiger charge is -2.11. The van der Waals surface area contributed by atoms with E-state index in [1.54, 1.807) is 12.3 Å². The molecule has 98 valence electrons. The highest BCUT2D eigenvalue weighted by Crippen LogP contribution is 2.18. The molecule has 4 nitrogen and oxygen atoms in total. The number of nitrogens with two attached hydrogens (primary N) is 1. The summed E-state index contributed by atoms with van der Waals surface area (Å²) < 4.78 is 1.05. The Balaban J connectivity index is 2.17. The van der Waals surface area contributed by atoms with Crippen LogP contribution < -0.4 is 11.1 Å². The standard InChI is InChI=1S/C14H14BrN3O/c1-9-6-11(15)3-2-10(9)7-18-13-4-5-17-8-12(13)14(16)19/h2-6,8H,7H2,1H3,(H2,16,19)(H,17,18). The minimum absolute atomic E-state index is 0.400. The Morgan fingerprint density at radius 1 is 1.42 bits per heavy atom. The van der Waals surface area contributed by atoms with E-state index in [4.69, 9.17) is 5.73 Å². The zero-order valence-corrected chi connectivity index (χ0v) is 12.1. The van der Waals surface area contributed by atoms with Crippen molar-refractivity contribution in [2.75, 3.05) is 5.32 Å². The number of hydrogen-bond acceptors (Lipinski definition) is 3. The molecular formula is C14H14BrN3O. The summed E-state index contributed by atoms with van der Waals surface area (Å²) in [4.78, 5) is 15.2. The van der Waals surface area contributed by atoms with Crippen LogP contribution in [0.2, 0.25) is 0 Å². The highest BCUT2D eigenvalue weighted by Gasteiger charge is 2.08. The third-order valence-electron chi connectivity index (χ3n) is 2.86. The van der Waals surface area contributed by atoms with Gasteiger partial charge in [-0.25, -0.2) is 0 Å². The highest BCUT2D eigenvalue weighted by atomic mass is 79.9. The van der Waals surface area contributed by atoms with Gasteiger partial charge in [-0.2, -0.15) is 0 Å². The fraction of sp³-hybridized carbons (Fsp3) is 0.143. The average molecular weight is 320 g/mol. The number of anilines is 1. The summed E-state index contributed by atoms with van der Waals surface area (Å²) in [5.41, 5.74) is 8.75. The minimum Gasteiger partial charge on any atom is -0.380 e. The van der Waals surface area contributed by atoms with Gasteiger partial charge >= 0.3 is 0 Å². The fourth-order valence-corrected chi connectivity index (χ4v) is 2.27. The number of nitrogens with zero attached hydrogens (tertiary/aromatic N) is 1. The van der Waals surface area contributed by atoms with Crippen molar-refractivity contribution in [3.63, 3.8) is 0 Å². The van der Waals surface area contributed by atoms with Crippen molar-refractivity contribution in [2.45, 2.75) is 13.5 Å². The Labute approximate surface area is 120 Å². The Kier molecular flexibility index (Phi) is 4.16. The van der Waals surface area contributed by atoms with E-state index in [1.165, 1.54) is 11.8 Å². The van der Waals surface area contributed by atoms with E-state index in [0.717, 1.165) is 10.0 Å². The second-order valence-corrected chi connectivity index (χ2v) is 5.13. The summed E-state index contributed by atoms with van der Waals surface area (Å²) in [5, 5.41) is 3.22. The van der Waals surface area contributed by atoms with E-state index in [2.05, 4.69) is 32.3 Å². The summed E-state index contributed by atoms with van der Waals surface area (Å²) in [5.74, 6) is -0.483. The maximum atomic E-state index is 11.3. The first-order chi connectivity index (χ1) is 9.08. The number of aromatic nitrogens is 1. The topological polar surface area (TPSA) is 68.0 Å². The largest absolute Gasteiger partial charge is 0.380 e. The van der Waals surface area contributed by atoms with Crippen molar-refractivity contribution in [2.24, 2.45) is 5.73 Å². The number of carbonyl (C=O) groups excluding carboxylic acids is 1. The highest BCUT2D eigenvalue weighted by molar-refractivity contribution is 9.10. The second-order valence-electron chi connectivity index (χ2n) is 4.21. The van der Waals surface area contributed by atoms with Gasteiger partial charge in [0, 0.05) is 23.4 Å². The zero-order chi connectivity index (χ0) is 13.8. The Hall–Kier alpha value is -1.88. The quantitative estimate of drug-likeness (QED) is 0.910. The lowest BCUT2D eigenvalue weighted by atomic mass is 10.1. The van der Waals surface area contributed by atoms with Crippen LogP contribution in [-0.2, 0) is 6.54 Å². The predicted molar refractivity (Wildman–Crippen MR) is 79.0 cm³/mol. The molecule has 1 aromatic heterocycles. The number of rotatable bonds is 4. The third-order valence-corrected chi connectivity index (χ3v) is 3.35. The number of benzene rings is 1. The molecule has 5 heteroatoms. The van der Waals surface area contributed by atoms with E-state index >= 15 is 0 Å². The number of aryl methyl sites for hydroxylation is 1. The number of halogens is 1. The Morgan fingerprint density at radius 2 is 2.21 bits per heavy atom. The first-order valence-corrected chi connectivity index (χ1v) is 6.60. The summed E-state index contributed by atoms with van der Waals surface area (Å²) in [6, 6.07) is 7.83. The van der Waals surface area contributed by atoms with Crippen molar-refractivity contribution >= 4 is 27.5 Å². The molecule has 1 amide bonds. The molecule has 0 bridgehead atoms. The molecule has 2 aromatic rings. The van der Waals surface area contributed by atoms with E-state index in [0.29, 0.717) is 17.8 Å². The molecule has 0 aliphatic heterocycles. The van der Waals surface area contributed by atoms with Crippen LogP contribution in [0.5, 0.6) is 0 Å². The van der Waals surface area contributed by atoms with Gasteiger partial charge in [0.25, 0.3) is 5.91 Å². The van der Waals surface area contributed by atoms with Crippen LogP contribution in [0, 0.1) is 6.92 Å². The van der Waals surface area contributed by atoms with Gasteiger partial charge in [0.1, 0.15) is 0 Å². The van der Waals surface area contributed by atoms with E-state index in [9.17, 15) is 4.79 Å².